The van der Waals surface area contributed by atoms with Gasteiger partial charge < -0.3 is 9.84 Å². The van der Waals surface area contributed by atoms with Gasteiger partial charge in [-0.05, 0) is 12.0 Å². The Morgan fingerprint density at radius 1 is 1.33 bits per heavy atom. The van der Waals surface area contributed by atoms with Gasteiger partial charge in [0, 0.05) is 6.54 Å². The van der Waals surface area contributed by atoms with Gasteiger partial charge in [0.2, 0.25) is 0 Å². The third kappa shape index (κ3) is 4.46. The van der Waals surface area contributed by atoms with E-state index in [-0.39, 0.29) is 28.2 Å². The fourth-order valence-electron chi connectivity index (χ4n) is 2.00. The molecule has 1 heterocycles. The lowest BCUT2D eigenvalue weighted by molar-refractivity contribution is 0.0701. The molecule has 1 aromatic heterocycles. The predicted molar refractivity (Wildman–Crippen MR) is 92.9 cm³/mol. The Morgan fingerprint density at radius 2 is 2.04 bits per heavy atom. The second-order valence-electron chi connectivity index (χ2n) is 4.90. The summed E-state index contributed by atoms with van der Waals surface area (Å²) in [7, 11) is 0. The van der Waals surface area contributed by atoms with Crippen molar-refractivity contribution in [1.29, 1.82) is 0 Å². The zero-order chi connectivity index (χ0) is 17.5. The maximum atomic E-state index is 12.4. The standard InChI is InChI=1S/C16H17ClN2O4S/c1-2-8-19(15-18-12(9-17)13(24-15)14(20)21)16(22)23-10-11-6-4-3-5-7-11/h3-7H,2,8-10H2,1H3,(H,20,21). The van der Waals surface area contributed by atoms with Crippen molar-refractivity contribution < 1.29 is 19.4 Å². The molecule has 0 aliphatic rings. The number of aromatic nitrogens is 1. The lowest BCUT2D eigenvalue weighted by atomic mass is 10.2. The molecule has 128 valence electrons. The van der Waals surface area contributed by atoms with Gasteiger partial charge in [-0.15, -0.1) is 11.6 Å². The number of ether oxygens (including phenoxy) is 1. The number of nitrogens with zero attached hydrogens (tertiary/aromatic N) is 2. The zero-order valence-electron chi connectivity index (χ0n) is 13.1. The SMILES string of the molecule is CCCN(C(=O)OCc1ccccc1)c1nc(CCl)c(C(=O)O)s1. The minimum absolute atomic E-state index is 0.0306. The number of carboxylic acid groups (broad SMARTS) is 1. The number of benzene rings is 1. The first-order valence-electron chi connectivity index (χ1n) is 7.34. The average molecular weight is 369 g/mol. The highest BCUT2D eigenvalue weighted by molar-refractivity contribution is 7.17. The van der Waals surface area contributed by atoms with E-state index >= 15 is 0 Å². The van der Waals surface area contributed by atoms with Crippen LogP contribution < -0.4 is 4.90 Å². The molecule has 2 aromatic rings. The first kappa shape index (κ1) is 18.2. The van der Waals surface area contributed by atoms with Crippen LogP contribution in [0, 0.1) is 0 Å². The first-order valence-corrected chi connectivity index (χ1v) is 8.69. The Balaban J connectivity index is 2.16. The van der Waals surface area contributed by atoms with Crippen LogP contribution in [0.25, 0.3) is 0 Å². The Hall–Kier alpha value is -2.12. The minimum atomic E-state index is -1.11. The minimum Gasteiger partial charge on any atom is -0.477 e. The first-order chi connectivity index (χ1) is 11.6. The van der Waals surface area contributed by atoms with Crippen LogP contribution in [0.2, 0.25) is 0 Å². The van der Waals surface area contributed by atoms with E-state index < -0.39 is 12.1 Å². The molecule has 0 unspecified atom stereocenters. The highest BCUT2D eigenvalue weighted by Crippen LogP contribution is 2.28. The highest BCUT2D eigenvalue weighted by Gasteiger charge is 2.24. The fraction of sp³-hybridized carbons (Fsp3) is 0.312. The molecule has 1 N–H and O–H groups in total. The molecule has 0 bridgehead atoms. The van der Waals surface area contributed by atoms with Crippen molar-refractivity contribution in [3.63, 3.8) is 0 Å². The van der Waals surface area contributed by atoms with Crippen molar-refractivity contribution in [2.45, 2.75) is 25.8 Å². The van der Waals surface area contributed by atoms with Crippen LogP contribution in [0.3, 0.4) is 0 Å². The van der Waals surface area contributed by atoms with Gasteiger partial charge in [-0.3, -0.25) is 4.90 Å². The van der Waals surface area contributed by atoms with Gasteiger partial charge in [-0.1, -0.05) is 48.6 Å². The quantitative estimate of drug-likeness (QED) is 0.743. The molecule has 0 radical (unpaired) electrons. The summed E-state index contributed by atoms with van der Waals surface area (Å²) < 4.78 is 5.31. The zero-order valence-corrected chi connectivity index (χ0v) is 14.6. The number of alkyl halides is 1. The van der Waals surface area contributed by atoms with E-state index in [0.29, 0.717) is 13.0 Å². The number of hydrogen-bond acceptors (Lipinski definition) is 5. The van der Waals surface area contributed by atoms with E-state index in [0.717, 1.165) is 16.9 Å². The van der Waals surface area contributed by atoms with Crippen LogP contribution in [-0.4, -0.2) is 28.7 Å². The molecule has 6 nitrogen and oxygen atoms in total. The molecule has 0 saturated heterocycles. The number of carbonyl (C=O) groups excluding carboxylic acids is 1. The maximum Gasteiger partial charge on any atom is 0.416 e. The van der Waals surface area contributed by atoms with Crippen LogP contribution >= 0.6 is 22.9 Å². The largest absolute Gasteiger partial charge is 0.477 e. The van der Waals surface area contributed by atoms with Crippen molar-refractivity contribution in [2.24, 2.45) is 0 Å². The van der Waals surface area contributed by atoms with Crippen LogP contribution in [0.1, 0.15) is 34.3 Å². The molecule has 8 heteroatoms. The van der Waals surface area contributed by atoms with E-state index in [1.54, 1.807) is 0 Å². The topological polar surface area (TPSA) is 79.7 Å². The number of carboxylic acids is 1. The monoisotopic (exact) mass is 368 g/mol. The number of thiazole rings is 1. The fourth-order valence-corrected chi connectivity index (χ4v) is 3.21. The summed E-state index contributed by atoms with van der Waals surface area (Å²) in [5.41, 5.74) is 1.12. The van der Waals surface area contributed by atoms with E-state index in [2.05, 4.69) is 4.98 Å². The van der Waals surface area contributed by atoms with Crippen LogP contribution in [0.15, 0.2) is 30.3 Å². The van der Waals surface area contributed by atoms with E-state index in [1.807, 2.05) is 37.3 Å². The molecular formula is C16H17ClN2O4S. The van der Waals surface area contributed by atoms with Crippen molar-refractivity contribution in [3.8, 4) is 0 Å². The van der Waals surface area contributed by atoms with Gasteiger partial charge in [-0.25, -0.2) is 14.6 Å². The molecule has 0 aliphatic carbocycles. The molecule has 0 spiro atoms. The number of aromatic carboxylic acids is 1. The molecule has 2 rings (SSSR count). The van der Waals surface area contributed by atoms with Gasteiger partial charge in [0.05, 0.1) is 11.6 Å². The number of carbonyl (C=O) groups is 2. The van der Waals surface area contributed by atoms with Gasteiger partial charge in [0.25, 0.3) is 0 Å². The summed E-state index contributed by atoms with van der Waals surface area (Å²) in [5.74, 6) is -1.14. The van der Waals surface area contributed by atoms with E-state index in [1.165, 1.54) is 4.90 Å². The van der Waals surface area contributed by atoms with E-state index in [9.17, 15) is 14.7 Å². The third-order valence-electron chi connectivity index (χ3n) is 3.11. The Kier molecular flexibility index (Phi) is 6.57. The molecule has 24 heavy (non-hydrogen) atoms. The predicted octanol–water partition coefficient (Wildman–Crippen LogP) is 4.13. The lowest BCUT2D eigenvalue weighted by Crippen LogP contribution is -2.32. The average Bonchev–Trinajstić information content (AvgIpc) is 3.02. The van der Waals surface area contributed by atoms with Crippen LogP contribution in [0.5, 0.6) is 0 Å². The number of anilines is 1. The van der Waals surface area contributed by atoms with Gasteiger partial charge >= 0.3 is 12.1 Å². The van der Waals surface area contributed by atoms with E-state index in [4.69, 9.17) is 16.3 Å². The Morgan fingerprint density at radius 3 is 2.58 bits per heavy atom. The second-order valence-corrected chi connectivity index (χ2v) is 6.15. The molecule has 0 atom stereocenters. The summed E-state index contributed by atoms with van der Waals surface area (Å²) in [6, 6.07) is 9.31. The smallest absolute Gasteiger partial charge is 0.416 e. The summed E-state index contributed by atoms with van der Waals surface area (Å²) in [4.78, 5) is 29.2. The molecule has 1 aromatic carbocycles. The number of rotatable bonds is 7. The lowest BCUT2D eigenvalue weighted by Gasteiger charge is -2.18. The summed E-state index contributed by atoms with van der Waals surface area (Å²) >= 11 is 6.66. The van der Waals surface area contributed by atoms with Crippen molar-refractivity contribution in [1.82, 2.24) is 4.98 Å². The number of hydrogen-bond donors (Lipinski definition) is 1. The maximum absolute atomic E-state index is 12.4. The van der Waals surface area contributed by atoms with Crippen LogP contribution in [0.4, 0.5) is 9.93 Å². The van der Waals surface area contributed by atoms with Crippen molar-refractivity contribution in [2.75, 3.05) is 11.4 Å². The Labute approximate surface area is 148 Å². The van der Waals surface area contributed by atoms with Crippen molar-refractivity contribution >= 4 is 40.1 Å². The summed E-state index contributed by atoms with van der Waals surface area (Å²) in [6.07, 6.45) is 0.117. The third-order valence-corrected chi connectivity index (χ3v) is 4.47. The molecule has 0 aliphatic heterocycles. The Bertz CT molecular complexity index is 705. The second kappa shape index (κ2) is 8.65. The summed E-state index contributed by atoms with van der Waals surface area (Å²) in [5, 5.41) is 9.47. The molecule has 1 amide bonds. The summed E-state index contributed by atoms with van der Waals surface area (Å²) in [6.45, 7) is 2.42. The van der Waals surface area contributed by atoms with Crippen molar-refractivity contribution in [3.05, 3.63) is 46.5 Å². The molecular weight excluding hydrogens is 352 g/mol. The highest BCUT2D eigenvalue weighted by atomic mass is 35.5. The van der Waals surface area contributed by atoms with Gasteiger partial charge in [0.15, 0.2) is 5.13 Å². The van der Waals surface area contributed by atoms with Gasteiger partial charge in [-0.2, -0.15) is 0 Å². The number of amides is 1. The molecule has 0 saturated carbocycles. The van der Waals surface area contributed by atoms with Crippen LogP contribution in [-0.2, 0) is 17.2 Å². The number of halogens is 1. The normalized spacial score (nSPS) is 10.4. The van der Waals surface area contributed by atoms with Gasteiger partial charge in [0.1, 0.15) is 11.5 Å². The molecule has 0 fully saturated rings.